The molecule has 0 amide bonds. The maximum atomic E-state index is 13.3. The molecule has 0 aliphatic heterocycles. The number of benzene rings is 3. The smallest absolute Gasteiger partial charge is 0.231 e. The van der Waals surface area contributed by atoms with Crippen LogP contribution in [0.4, 0.5) is 0 Å². The third-order valence-corrected chi connectivity index (χ3v) is 4.47. The molecule has 0 N–H and O–H groups in total. The summed E-state index contributed by atoms with van der Waals surface area (Å²) in [6, 6.07) is 24.3. The summed E-state index contributed by atoms with van der Waals surface area (Å²) < 4.78 is 11.5. The van der Waals surface area contributed by atoms with Gasteiger partial charge in [-0.3, -0.25) is 4.79 Å². The van der Waals surface area contributed by atoms with Gasteiger partial charge >= 0.3 is 0 Å². The van der Waals surface area contributed by atoms with Gasteiger partial charge in [0.05, 0.1) is 12.2 Å². The van der Waals surface area contributed by atoms with Gasteiger partial charge in [-0.25, -0.2) is 4.98 Å². The van der Waals surface area contributed by atoms with Crippen molar-refractivity contribution >= 4 is 28.5 Å². The number of ketones is 1. The molecule has 3 aromatic carbocycles. The van der Waals surface area contributed by atoms with Gasteiger partial charge < -0.3 is 9.15 Å². The van der Waals surface area contributed by atoms with E-state index in [1.165, 1.54) is 0 Å². The van der Waals surface area contributed by atoms with Crippen molar-refractivity contribution in [3.8, 4) is 5.75 Å². The molecule has 0 atom stereocenters. The number of carbonyl (C=O) groups is 1. The van der Waals surface area contributed by atoms with Crippen molar-refractivity contribution in [1.29, 1.82) is 0 Å². The predicted molar refractivity (Wildman–Crippen MR) is 115 cm³/mol. The summed E-state index contributed by atoms with van der Waals surface area (Å²) in [6.07, 6.45) is 2.75. The van der Waals surface area contributed by atoms with Crippen molar-refractivity contribution in [1.82, 2.24) is 4.98 Å². The van der Waals surface area contributed by atoms with E-state index in [1.54, 1.807) is 12.1 Å². The quantitative estimate of drug-likeness (QED) is 0.288. The number of carbonyl (C=O) groups excluding carboxylic acids is 1. The van der Waals surface area contributed by atoms with E-state index in [0.29, 0.717) is 29.2 Å². The highest BCUT2D eigenvalue weighted by Crippen LogP contribution is 2.27. The first kappa shape index (κ1) is 18.7. The topological polar surface area (TPSA) is 52.3 Å². The van der Waals surface area contributed by atoms with Crippen LogP contribution < -0.4 is 4.74 Å². The van der Waals surface area contributed by atoms with E-state index in [4.69, 9.17) is 9.15 Å². The molecule has 1 aromatic heterocycles. The summed E-state index contributed by atoms with van der Waals surface area (Å²) in [5, 5.41) is 0. The fraction of sp³-hybridized carbons (Fsp3) is 0.120. The molecule has 4 rings (SSSR count). The molecule has 4 nitrogen and oxygen atoms in total. The average Bonchev–Trinajstić information content (AvgIpc) is 3.20. The molecule has 0 radical (unpaired) electrons. The van der Waals surface area contributed by atoms with E-state index in [-0.39, 0.29) is 5.78 Å². The van der Waals surface area contributed by atoms with Crippen LogP contribution in [-0.4, -0.2) is 17.4 Å². The summed E-state index contributed by atoms with van der Waals surface area (Å²) in [5.41, 5.74) is 3.24. The number of oxazole rings is 1. The first-order valence-corrected chi connectivity index (χ1v) is 9.65. The van der Waals surface area contributed by atoms with E-state index in [0.717, 1.165) is 23.3 Å². The Labute approximate surface area is 169 Å². The molecule has 0 bridgehead atoms. The summed E-state index contributed by atoms with van der Waals surface area (Å²) in [4.78, 5) is 17.9. The van der Waals surface area contributed by atoms with Crippen LogP contribution in [0.25, 0.3) is 22.7 Å². The molecule has 0 aliphatic rings. The molecule has 29 heavy (non-hydrogen) atoms. The fourth-order valence-corrected chi connectivity index (χ4v) is 3.01. The van der Waals surface area contributed by atoms with Crippen LogP contribution in [0.5, 0.6) is 5.75 Å². The number of hydrogen-bond donors (Lipinski definition) is 0. The van der Waals surface area contributed by atoms with Gasteiger partial charge in [-0.2, -0.15) is 0 Å². The van der Waals surface area contributed by atoms with E-state index in [2.05, 4.69) is 11.9 Å². The van der Waals surface area contributed by atoms with Crippen LogP contribution in [0.3, 0.4) is 0 Å². The fourth-order valence-electron chi connectivity index (χ4n) is 3.01. The number of rotatable bonds is 7. The maximum absolute atomic E-state index is 13.3. The van der Waals surface area contributed by atoms with Crippen LogP contribution >= 0.6 is 0 Å². The molecule has 0 spiro atoms. The molecule has 0 saturated carbocycles. The third-order valence-electron chi connectivity index (χ3n) is 4.47. The average molecular weight is 383 g/mol. The minimum absolute atomic E-state index is 0.151. The lowest BCUT2D eigenvalue weighted by atomic mass is 10.0. The molecular weight excluding hydrogens is 362 g/mol. The molecule has 1 heterocycles. The van der Waals surface area contributed by atoms with Crippen molar-refractivity contribution in [2.75, 3.05) is 6.61 Å². The van der Waals surface area contributed by atoms with Gasteiger partial charge in [0, 0.05) is 5.56 Å². The highest BCUT2D eigenvalue weighted by Gasteiger charge is 2.20. The second kappa shape index (κ2) is 8.57. The number of Topliss-reactive ketones (excluding diaryl/α,β-unsaturated/α-hetero) is 1. The zero-order chi connectivity index (χ0) is 20.1. The summed E-state index contributed by atoms with van der Waals surface area (Å²) in [7, 11) is 0. The first-order valence-electron chi connectivity index (χ1n) is 9.65. The van der Waals surface area contributed by atoms with Crippen molar-refractivity contribution in [3.63, 3.8) is 0 Å². The largest absolute Gasteiger partial charge is 0.494 e. The van der Waals surface area contributed by atoms with Gasteiger partial charge in [-0.1, -0.05) is 49.4 Å². The zero-order valence-electron chi connectivity index (χ0n) is 16.2. The summed E-state index contributed by atoms with van der Waals surface area (Å²) in [5.74, 6) is 0.910. The van der Waals surface area contributed by atoms with Gasteiger partial charge in [0.2, 0.25) is 5.89 Å². The highest BCUT2D eigenvalue weighted by molar-refractivity contribution is 6.31. The van der Waals surface area contributed by atoms with E-state index in [1.807, 2.05) is 72.8 Å². The second-order valence-corrected chi connectivity index (χ2v) is 6.66. The van der Waals surface area contributed by atoms with Crippen molar-refractivity contribution in [3.05, 3.63) is 95.9 Å². The lowest BCUT2D eigenvalue weighted by Gasteiger charge is -2.07. The molecule has 0 unspecified atom stereocenters. The molecule has 144 valence electrons. The molecular formula is C25H21NO3. The normalized spacial score (nSPS) is 11.6. The molecule has 0 aliphatic carbocycles. The van der Waals surface area contributed by atoms with Crippen molar-refractivity contribution in [2.24, 2.45) is 0 Å². The van der Waals surface area contributed by atoms with Crippen LogP contribution in [0.15, 0.2) is 83.3 Å². The number of hydrogen-bond acceptors (Lipinski definition) is 4. The van der Waals surface area contributed by atoms with Crippen LogP contribution in [0.2, 0.25) is 0 Å². The van der Waals surface area contributed by atoms with Crippen LogP contribution in [0, 0.1) is 0 Å². The zero-order valence-corrected chi connectivity index (χ0v) is 16.2. The Morgan fingerprint density at radius 2 is 1.69 bits per heavy atom. The Hall–Kier alpha value is -3.66. The SMILES string of the molecule is CCCOc1ccc(C(=O)/C(=C/c2ccccc2)c2nc3ccccc3o2)cc1. The summed E-state index contributed by atoms with van der Waals surface area (Å²) >= 11 is 0. The monoisotopic (exact) mass is 383 g/mol. The lowest BCUT2D eigenvalue weighted by Crippen LogP contribution is -2.04. The Morgan fingerprint density at radius 1 is 0.966 bits per heavy atom. The Bertz CT molecular complexity index is 1110. The molecule has 0 saturated heterocycles. The number of ether oxygens (including phenoxy) is 1. The number of allylic oxidation sites excluding steroid dienone is 1. The third kappa shape index (κ3) is 4.27. The molecule has 4 heteroatoms. The lowest BCUT2D eigenvalue weighted by molar-refractivity contribution is 0.105. The van der Waals surface area contributed by atoms with E-state index in [9.17, 15) is 4.79 Å². The number of fused-ring (bicyclic) bond motifs is 1. The molecule has 4 aromatic rings. The van der Waals surface area contributed by atoms with E-state index < -0.39 is 0 Å². The van der Waals surface area contributed by atoms with Gasteiger partial charge in [0.15, 0.2) is 11.4 Å². The van der Waals surface area contributed by atoms with Crippen molar-refractivity contribution in [2.45, 2.75) is 13.3 Å². The Kier molecular flexibility index (Phi) is 5.52. The predicted octanol–water partition coefficient (Wildman–Crippen LogP) is 6.04. The number of nitrogens with zero attached hydrogens (tertiary/aromatic N) is 1. The second-order valence-electron chi connectivity index (χ2n) is 6.66. The van der Waals surface area contributed by atoms with Gasteiger partial charge in [0.1, 0.15) is 11.3 Å². The number of aromatic nitrogens is 1. The van der Waals surface area contributed by atoms with Crippen molar-refractivity contribution < 1.29 is 13.9 Å². The Morgan fingerprint density at radius 3 is 2.41 bits per heavy atom. The standard InChI is InChI=1S/C25H21NO3/c1-2-16-28-20-14-12-19(13-15-20)24(27)21(17-18-8-4-3-5-9-18)25-26-22-10-6-7-11-23(22)29-25/h3-15,17H,2,16H2,1H3/b21-17-. The number of para-hydroxylation sites is 2. The minimum atomic E-state index is -0.151. The van der Waals surface area contributed by atoms with Gasteiger partial charge in [-0.15, -0.1) is 0 Å². The molecule has 0 fully saturated rings. The van der Waals surface area contributed by atoms with Crippen LogP contribution in [0.1, 0.15) is 35.2 Å². The van der Waals surface area contributed by atoms with E-state index >= 15 is 0 Å². The highest BCUT2D eigenvalue weighted by atomic mass is 16.5. The minimum Gasteiger partial charge on any atom is -0.494 e. The van der Waals surface area contributed by atoms with Gasteiger partial charge in [-0.05, 0) is 54.5 Å². The van der Waals surface area contributed by atoms with Crippen LogP contribution in [-0.2, 0) is 0 Å². The maximum Gasteiger partial charge on any atom is 0.231 e. The Balaban J connectivity index is 1.73. The first-order chi connectivity index (χ1) is 14.2. The van der Waals surface area contributed by atoms with Gasteiger partial charge in [0.25, 0.3) is 0 Å². The summed E-state index contributed by atoms with van der Waals surface area (Å²) in [6.45, 7) is 2.70.